The third-order valence-electron chi connectivity index (χ3n) is 1.58. The van der Waals surface area contributed by atoms with E-state index in [0.717, 1.165) is 6.42 Å². The molecule has 0 aliphatic heterocycles. The molecule has 12 heavy (non-hydrogen) atoms. The lowest BCUT2D eigenvalue weighted by atomic mass is 10.2. The van der Waals surface area contributed by atoms with Gasteiger partial charge in [0.15, 0.2) is 0 Å². The van der Waals surface area contributed by atoms with Gasteiger partial charge < -0.3 is 4.74 Å². The molecular weight excluding hydrogens is 267 g/mol. The summed E-state index contributed by atoms with van der Waals surface area (Å²) in [5.41, 5.74) is 0. The summed E-state index contributed by atoms with van der Waals surface area (Å²) in [5.74, 6) is -0.165. The Kier molecular flexibility index (Phi) is 9.44. The van der Waals surface area contributed by atoms with Crippen LogP contribution >= 0.6 is 22.6 Å². The van der Waals surface area contributed by atoms with Crippen LogP contribution in [-0.4, -0.2) is 17.0 Å². The number of alkyl halides is 1. The largest absolute Gasteiger partial charge is 0.466 e. The molecule has 2 nitrogen and oxygen atoms in total. The number of carbonyl (C=O) groups excluding carboxylic acids is 1. The van der Waals surface area contributed by atoms with E-state index in [1.807, 2.05) is 0 Å². The van der Waals surface area contributed by atoms with Crippen LogP contribution in [0.1, 0.15) is 39.0 Å². The zero-order valence-corrected chi connectivity index (χ0v) is 9.80. The monoisotopic (exact) mass is 284 g/mol. The summed E-state index contributed by atoms with van der Waals surface area (Å²) in [5, 5.41) is 0. The summed E-state index contributed by atoms with van der Waals surface area (Å²) in [6, 6.07) is 0. The molecule has 0 aromatic carbocycles. The lowest BCUT2D eigenvalue weighted by Gasteiger charge is -2.00. The Balaban J connectivity index is 2.86. The second-order valence-corrected chi connectivity index (χ2v) is 3.88. The van der Waals surface area contributed by atoms with Gasteiger partial charge in [-0.15, -0.1) is 0 Å². The van der Waals surface area contributed by atoms with Crippen LogP contribution in [0.25, 0.3) is 0 Å². The van der Waals surface area contributed by atoms with Crippen LogP contribution in [0.4, 0.5) is 0 Å². The van der Waals surface area contributed by atoms with Crippen molar-refractivity contribution in [2.45, 2.75) is 39.0 Å². The maximum Gasteiger partial charge on any atom is 0.302 e. The van der Waals surface area contributed by atoms with Crippen molar-refractivity contribution in [3.05, 3.63) is 0 Å². The van der Waals surface area contributed by atoms with E-state index in [9.17, 15) is 4.79 Å². The highest BCUT2D eigenvalue weighted by atomic mass is 127. The molecule has 3 heteroatoms. The van der Waals surface area contributed by atoms with E-state index in [1.54, 1.807) is 0 Å². The first kappa shape index (κ1) is 12.2. The van der Waals surface area contributed by atoms with Crippen molar-refractivity contribution >= 4 is 28.6 Å². The van der Waals surface area contributed by atoms with Crippen molar-refractivity contribution in [3.63, 3.8) is 0 Å². The molecule has 0 unspecified atom stereocenters. The SMILES string of the molecule is CC(=O)OCCCCCCCI. The van der Waals surface area contributed by atoms with Gasteiger partial charge in [-0.25, -0.2) is 0 Å². The maximum absolute atomic E-state index is 10.4. The van der Waals surface area contributed by atoms with Crippen LogP contribution in [-0.2, 0) is 9.53 Å². The molecule has 0 heterocycles. The van der Waals surface area contributed by atoms with Crippen molar-refractivity contribution < 1.29 is 9.53 Å². The Morgan fingerprint density at radius 2 is 1.75 bits per heavy atom. The minimum atomic E-state index is -0.165. The second kappa shape index (κ2) is 9.29. The Hall–Kier alpha value is 0.200. The highest BCUT2D eigenvalue weighted by Gasteiger charge is 1.92. The lowest BCUT2D eigenvalue weighted by Crippen LogP contribution is -2.00. The number of hydrogen-bond acceptors (Lipinski definition) is 2. The smallest absolute Gasteiger partial charge is 0.302 e. The average Bonchev–Trinajstić information content (AvgIpc) is 2.02. The van der Waals surface area contributed by atoms with E-state index in [0.29, 0.717) is 6.61 Å². The van der Waals surface area contributed by atoms with E-state index in [1.165, 1.54) is 37.0 Å². The van der Waals surface area contributed by atoms with Gasteiger partial charge >= 0.3 is 5.97 Å². The van der Waals surface area contributed by atoms with Gasteiger partial charge in [-0.3, -0.25) is 4.79 Å². The third-order valence-corrected chi connectivity index (χ3v) is 2.35. The van der Waals surface area contributed by atoms with Gasteiger partial charge in [0.2, 0.25) is 0 Å². The van der Waals surface area contributed by atoms with E-state index in [-0.39, 0.29) is 5.97 Å². The Bertz CT molecular complexity index is 115. The number of halogens is 1. The number of esters is 1. The molecule has 0 saturated carbocycles. The zero-order valence-electron chi connectivity index (χ0n) is 7.64. The van der Waals surface area contributed by atoms with E-state index >= 15 is 0 Å². The summed E-state index contributed by atoms with van der Waals surface area (Å²) in [6.07, 6.45) is 6.09. The first-order valence-electron chi connectivity index (χ1n) is 4.46. The van der Waals surface area contributed by atoms with E-state index < -0.39 is 0 Å². The minimum absolute atomic E-state index is 0.165. The number of rotatable bonds is 7. The van der Waals surface area contributed by atoms with Crippen LogP contribution in [0, 0.1) is 0 Å². The predicted octanol–water partition coefficient (Wildman–Crippen LogP) is 2.94. The molecule has 0 amide bonds. The fourth-order valence-electron chi connectivity index (χ4n) is 0.943. The van der Waals surface area contributed by atoms with Gasteiger partial charge in [-0.05, 0) is 17.3 Å². The van der Waals surface area contributed by atoms with Gasteiger partial charge in [-0.1, -0.05) is 41.9 Å². The van der Waals surface area contributed by atoms with Crippen LogP contribution < -0.4 is 0 Å². The quantitative estimate of drug-likeness (QED) is 0.311. The van der Waals surface area contributed by atoms with Gasteiger partial charge in [0.05, 0.1) is 6.61 Å². The van der Waals surface area contributed by atoms with Gasteiger partial charge in [0, 0.05) is 6.92 Å². The molecular formula is C9H17IO2. The molecule has 0 rings (SSSR count). The van der Waals surface area contributed by atoms with Crippen molar-refractivity contribution in [1.82, 2.24) is 0 Å². The Labute approximate surface area is 88.2 Å². The molecule has 72 valence electrons. The summed E-state index contributed by atoms with van der Waals surface area (Å²) >= 11 is 2.40. The Morgan fingerprint density at radius 3 is 2.33 bits per heavy atom. The summed E-state index contributed by atoms with van der Waals surface area (Å²) < 4.78 is 6.06. The summed E-state index contributed by atoms with van der Waals surface area (Å²) in [4.78, 5) is 10.4. The third kappa shape index (κ3) is 10.2. The van der Waals surface area contributed by atoms with Crippen molar-refractivity contribution in [2.75, 3.05) is 11.0 Å². The van der Waals surface area contributed by atoms with E-state index in [4.69, 9.17) is 4.74 Å². The van der Waals surface area contributed by atoms with Crippen LogP contribution in [0.2, 0.25) is 0 Å². The molecule has 0 saturated heterocycles. The van der Waals surface area contributed by atoms with Gasteiger partial charge in [-0.2, -0.15) is 0 Å². The number of unbranched alkanes of at least 4 members (excludes halogenated alkanes) is 4. The molecule has 0 bridgehead atoms. The lowest BCUT2D eigenvalue weighted by molar-refractivity contribution is -0.141. The Morgan fingerprint density at radius 1 is 1.17 bits per heavy atom. The molecule has 0 radical (unpaired) electrons. The van der Waals surface area contributed by atoms with Gasteiger partial charge in [0.25, 0.3) is 0 Å². The number of carbonyl (C=O) groups is 1. The molecule has 0 aliphatic rings. The summed E-state index contributed by atoms with van der Waals surface area (Å²) in [7, 11) is 0. The second-order valence-electron chi connectivity index (χ2n) is 2.80. The predicted molar refractivity (Wildman–Crippen MR) is 58.6 cm³/mol. The van der Waals surface area contributed by atoms with Crippen molar-refractivity contribution in [3.8, 4) is 0 Å². The first-order chi connectivity index (χ1) is 5.77. The highest BCUT2D eigenvalue weighted by molar-refractivity contribution is 14.1. The fraction of sp³-hybridized carbons (Fsp3) is 0.889. The normalized spacial score (nSPS) is 9.83. The maximum atomic E-state index is 10.4. The number of ether oxygens (including phenoxy) is 1. The molecule has 0 spiro atoms. The van der Waals surface area contributed by atoms with Crippen LogP contribution in [0.3, 0.4) is 0 Å². The average molecular weight is 284 g/mol. The number of hydrogen-bond donors (Lipinski definition) is 0. The van der Waals surface area contributed by atoms with E-state index in [2.05, 4.69) is 22.6 Å². The first-order valence-corrected chi connectivity index (χ1v) is 5.99. The van der Waals surface area contributed by atoms with Crippen LogP contribution in [0.15, 0.2) is 0 Å². The minimum Gasteiger partial charge on any atom is -0.466 e. The molecule has 0 N–H and O–H groups in total. The standard InChI is InChI=1S/C9H17IO2/c1-9(11)12-8-6-4-2-3-5-7-10/h2-8H2,1H3. The summed E-state index contributed by atoms with van der Waals surface area (Å²) in [6.45, 7) is 2.05. The topological polar surface area (TPSA) is 26.3 Å². The molecule has 0 aromatic rings. The molecule has 0 fully saturated rings. The zero-order chi connectivity index (χ0) is 9.23. The highest BCUT2D eigenvalue weighted by Crippen LogP contribution is 2.04. The fourth-order valence-corrected chi connectivity index (χ4v) is 1.48. The molecule has 0 aliphatic carbocycles. The van der Waals surface area contributed by atoms with Crippen LogP contribution in [0.5, 0.6) is 0 Å². The molecule has 0 atom stereocenters. The van der Waals surface area contributed by atoms with Crippen molar-refractivity contribution in [2.24, 2.45) is 0 Å². The van der Waals surface area contributed by atoms with Gasteiger partial charge in [0.1, 0.15) is 0 Å². The van der Waals surface area contributed by atoms with Crippen molar-refractivity contribution in [1.29, 1.82) is 0 Å². The molecule has 0 aromatic heterocycles.